The van der Waals surface area contributed by atoms with Crippen molar-refractivity contribution in [3.63, 3.8) is 0 Å². The number of halogens is 6. The zero-order valence-electron chi connectivity index (χ0n) is 15.3. The molecule has 0 aromatic carbocycles. The Hall–Kier alpha value is -1.56. The Bertz CT molecular complexity index is 824. The van der Waals surface area contributed by atoms with Crippen molar-refractivity contribution in [1.82, 2.24) is 9.13 Å². The second-order valence-electron chi connectivity index (χ2n) is 6.01. The van der Waals surface area contributed by atoms with Crippen molar-refractivity contribution in [2.45, 2.75) is 65.0 Å². The van der Waals surface area contributed by atoms with Gasteiger partial charge in [-0.3, -0.25) is 0 Å². The predicted molar refractivity (Wildman–Crippen MR) is 95.6 cm³/mol. The Morgan fingerprint density at radius 1 is 0.750 bits per heavy atom. The molecule has 0 aliphatic heterocycles. The maximum absolute atomic E-state index is 13.2. The first kappa shape index (κ1) is 22.7. The Kier molecular flexibility index (Phi) is 7.54. The second kappa shape index (κ2) is 9.29. The van der Waals surface area contributed by atoms with Crippen LogP contribution in [0, 0.1) is 0 Å². The van der Waals surface area contributed by atoms with E-state index in [1.54, 1.807) is 0 Å². The van der Waals surface area contributed by atoms with E-state index in [0.29, 0.717) is 25.7 Å². The number of rotatable bonds is 7. The molecular formula is C16H20F6N4S2. The van der Waals surface area contributed by atoms with Gasteiger partial charge >= 0.3 is 12.4 Å². The highest BCUT2D eigenvalue weighted by molar-refractivity contribution is 7.07. The van der Waals surface area contributed by atoms with E-state index in [1.807, 2.05) is 13.8 Å². The van der Waals surface area contributed by atoms with Gasteiger partial charge in [0.15, 0.2) is 0 Å². The Labute approximate surface area is 165 Å². The summed E-state index contributed by atoms with van der Waals surface area (Å²) in [5.41, 5.74) is -1.66. The lowest BCUT2D eigenvalue weighted by Gasteiger charge is -2.11. The van der Waals surface area contributed by atoms with E-state index >= 15 is 0 Å². The van der Waals surface area contributed by atoms with Gasteiger partial charge in [-0.2, -0.15) is 26.3 Å². The van der Waals surface area contributed by atoms with Crippen molar-refractivity contribution < 1.29 is 26.3 Å². The summed E-state index contributed by atoms with van der Waals surface area (Å²) in [4.78, 5) is 0.00884. The SMILES string of the molecule is CCCCn1c(C(F)(F)F)cs/c1=N\N=c1\scc(C(F)(F)F)n1CCCC. The molecule has 0 saturated heterocycles. The molecule has 0 atom stereocenters. The van der Waals surface area contributed by atoms with Crippen LogP contribution in [0.25, 0.3) is 0 Å². The summed E-state index contributed by atoms with van der Waals surface area (Å²) in [5.74, 6) is 0. The molecule has 0 N–H and O–H groups in total. The van der Waals surface area contributed by atoms with Gasteiger partial charge in [-0.15, -0.1) is 32.9 Å². The molecule has 0 radical (unpaired) electrons. The van der Waals surface area contributed by atoms with E-state index in [0.717, 1.165) is 42.6 Å². The molecule has 0 aliphatic carbocycles. The van der Waals surface area contributed by atoms with Crippen molar-refractivity contribution >= 4 is 22.7 Å². The molecule has 12 heteroatoms. The summed E-state index contributed by atoms with van der Waals surface area (Å²) in [6, 6.07) is 0. The van der Waals surface area contributed by atoms with Crippen LogP contribution in [0.15, 0.2) is 21.0 Å². The van der Waals surface area contributed by atoms with Crippen molar-refractivity contribution in [2.24, 2.45) is 10.2 Å². The predicted octanol–water partition coefficient (Wildman–Crippen LogP) is 5.47. The number of alkyl halides is 6. The number of aromatic nitrogens is 2. The number of unbranched alkanes of at least 4 members (excludes halogenated alkanes) is 2. The van der Waals surface area contributed by atoms with E-state index in [1.165, 1.54) is 0 Å². The molecule has 0 saturated carbocycles. The van der Waals surface area contributed by atoms with E-state index in [2.05, 4.69) is 10.2 Å². The van der Waals surface area contributed by atoms with Crippen LogP contribution in [0.2, 0.25) is 0 Å². The fourth-order valence-corrected chi connectivity index (χ4v) is 4.19. The maximum atomic E-state index is 13.2. The van der Waals surface area contributed by atoms with Crippen LogP contribution in [0.3, 0.4) is 0 Å². The normalized spacial score (nSPS) is 14.3. The first-order valence-corrected chi connectivity index (χ1v) is 10.4. The molecule has 158 valence electrons. The first-order valence-electron chi connectivity index (χ1n) is 8.68. The van der Waals surface area contributed by atoms with Gasteiger partial charge in [0, 0.05) is 23.8 Å². The average Bonchev–Trinajstić information content (AvgIpc) is 3.19. The van der Waals surface area contributed by atoms with Crippen LogP contribution in [-0.4, -0.2) is 9.13 Å². The molecule has 2 rings (SSSR count). The van der Waals surface area contributed by atoms with Gasteiger partial charge in [-0.05, 0) is 12.8 Å². The highest BCUT2D eigenvalue weighted by Crippen LogP contribution is 2.30. The molecule has 2 aromatic rings. The molecule has 0 bridgehead atoms. The number of hydrogen-bond acceptors (Lipinski definition) is 4. The summed E-state index contributed by atoms with van der Waals surface area (Å²) in [5, 5.41) is 9.61. The standard InChI is InChI=1S/C16H20F6N4S2/c1-3-5-7-25-11(15(17,18)19)9-27-13(25)23-24-14-26(8-6-4-2)12(10-28-14)16(20,21)22/h9-10H,3-8H2,1-2H3/b23-13-,24-14+. The Morgan fingerprint density at radius 2 is 1.11 bits per heavy atom. The third-order valence-corrected chi connectivity index (χ3v) is 5.58. The molecule has 0 fully saturated rings. The van der Waals surface area contributed by atoms with E-state index in [-0.39, 0.29) is 22.7 Å². The quantitative estimate of drug-likeness (QED) is 0.400. The summed E-state index contributed by atoms with van der Waals surface area (Å²) in [7, 11) is 0. The highest BCUT2D eigenvalue weighted by Gasteiger charge is 2.36. The number of hydrogen-bond donors (Lipinski definition) is 0. The van der Waals surface area contributed by atoms with Crippen molar-refractivity contribution in [3.05, 3.63) is 31.8 Å². The zero-order valence-corrected chi connectivity index (χ0v) is 16.9. The monoisotopic (exact) mass is 446 g/mol. The summed E-state index contributed by atoms with van der Waals surface area (Å²) < 4.78 is 81.1. The van der Waals surface area contributed by atoms with Gasteiger partial charge in [-0.25, -0.2) is 0 Å². The third kappa shape index (κ3) is 5.49. The molecule has 0 unspecified atom stereocenters. The van der Waals surface area contributed by atoms with Gasteiger partial charge in [0.2, 0.25) is 9.60 Å². The van der Waals surface area contributed by atoms with Crippen molar-refractivity contribution in [2.75, 3.05) is 0 Å². The second-order valence-corrected chi connectivity index (χ2v) is 7.69. The molecule has 0 aliphatic rings. The maximum Gasteiger partial charge on any atom is 0.432 e. The van der Waals surface area contributed by atoms with Crippen LogP contribution >= 0.6 is 22.7 Å². The van der Waals surface area contributed by atoms with Crippen LogP contribution in [-0.2, 0) is 25.4 Å². The van der Waals surface area contributed by atoms with E-state index in [9.17, 15) is 26.3 Å². The molecule has 0 amide bonds. The lowest BCUT2D eigenvalue weighted by atomic mass is 10.3. The summed E-state index contributed by atoms with van der Waals surface area (Å²) in [6.07, 6.45) is -6.67. The van der Waals surface area contributed by atoms with Gasteiger partial charge in [0.05, 0.1) is 0 Å². The highest BCUT2D eigenvalue weighted by atomic mass is 32.1. The van der Waals surface area contributed by atoms with Crippen LogP contribution < -0.4 is 9.60 Å². The van der Waals surface area contributed by atoms with Crippen molar-refractivity contribution in [3.8, 4) is 0 Å². The smallest absolute Gasteiger partial charge is 0.311 e. The largest absolute Gasteiger partial charge is 0.432 e. The van der Waals surface area contributed by atoms with Crippen LogP contribution in [0.1, 0.15) is 50.9 Å². The summed E-state index contributed by atoms with van der Waals surface area (Å²) in [6.45, 7) is 3.92. The van der Waals surface area contributed by atoms with Crippen molar-refractivity contribution in [1.29, 1.82) is 0 Å². The number of thiazole rings is 2. The minimum absolute atomic E-state index is 0.00442. The molecule has 2 heterocycles. The van der Waals surface area contributed by atoms with Gasteiger partial charge in [0.1, 0.15) is 11.4 Å². The van der Waals surface area contributed by atoms with E-state index in [4.69, 9.17) is 0 Å². The first-order chi connectivity index (χ1) is 13.1. The Balaban J connectivity index is 2.56. The van der Waals surface area contributed by atoms with Gasteiger partial charge < -0.3 is 9.13 Å². The molecule has 28 heavy (non-hydrogen) atoms. The summed E-state index contributed by atoms with van der Waals surface area (Å²) >= 11 is 1.53. The third-order valence-electron chi connectivity index (χ3n) is 3.87. The van der Waals surface area contributed by atoms with Crippen LogP contribution in [0.5, 0.6) is 0 Å². The molecule has 2 aromatic heterocycles. The lowest BCUT2D eigenvalue weighted by molar-refractivity contribution is -0.144. The van der Waals surface area contributed by atoms with Crippen LogP contribution in [0.4, 0.5) is 26.3 Å². The minimum atomic E-state index is -4.54. The zero-order chi connectivity index (χ0) is 20.9. The minimum Gasteiger partial charge on any atom is -0.311 e. The topological polar surface area (TPSA) is 34.6 Å². The average molecular weight is 446 g/mol. The molecule has 0 spiro atoms. The Morgan fingerprint density at radius 3 is 1.39 bits per heavy atom. The van der Waals surface area contributed by atoms with E-state index < -0.39 is 23.7 Å². The molecular weight excluding hydrogens is 426 g/mol. The van der Waals surface area contributed by atoms with Gasteiger partial charge in [-0.1, -0.05) is 26.7 Å². The van der Waals surface area contributed by atoms with Gasteiger partial charge in [0.25, 0.3) is 0 Å². The fraction of sp³-hybridized carbons (Fsp3) is 0.625. The molecule has 4 nitrogen and oxygen atoms in total. The number of nitrogens with zero attached hydrogens (tertiary/aromatic N) is 4. The lowest BCUT2D eigenvalue weighted by Crippen LogP contribution is -2.24. The fourth-order valence-electron chi connectivity index (χ4n) is 2.42.